The predicted octanol–water partition coefficient (Wildman–Crippen LogP) is 0.151. The fourth-order valence-electron chi connectivity index (χ4n) is 2.29. The highest BCUT2D eigenvalue weighted by Crippen LogP contribution is 2.17. The summed E-state index contributed by atoms with van der Waals surface area (Å²) in [6.07, 6.45) is 2.09. The number of nitrogens with one attached hydrogen (secondary N) is 1. The molecule has 21 heavy (non-hydrogen) atoms. The number of thioether (sulfide) groups is 1. The Morgan fingerprint density at radius 1 is 1.57 bits per heavy atom. The van der Waals surface area contributed by atoms with E-state index in [-0.39, 0.29) is 17.7 Å². The van der Waals surface area contributed by atoms with Crippen LogP contribution in [0.4, 0.5) is 0 Å². The van der Waals surface area contributed by atoms with Crippen molar-refractivity contribution in [3.05, 3.63) is 18.0 Å². The Hall–Kier alpha value is -1.67. The van der Waals surface area contributed by atoms with Gasteiger partial charge in [-0.2, -0.15) is 0 Å². The molecule has 0 bridgehead atoms. The lowest BCUT2D eigenvalue weighted by Gasteiger charge is -2.13. The summed E-state index contributed by atoms with van der Waals surface area (Å²) >= 11 is 1.27. The zero-order valence-corrected chi connectivity index (χ0v) is 12.8. The van der Waals surface area contributed by atoms with E-state index in [1.165, 1.54) is 11.8 Å². The normalized spacial score (nSPS) is 22.2. The highest BCUT2D eigenvalue weighted by atomic mass is 32.2. The first-order valence-corrected chi connectivity index (χ1v) is 7.59. The summed E-state index contributed by atoms with van der Waals surface area (Å²) in [7, 11) is 1.75. The largest absolute Gasteiger partial charge is 0.480 e. The third kappa shape index (κ3) is 4.40. The first-order chi connectivity index (χ1) is 9.95. The molecule has 0 spiro atoms. The van der Waals surface area contributed by atoms with Crippen LogP contribution in [0.15, 0.2) is 17.4 Å². The van der Waals surface area contributed by atoms with E-state index < -0.39 is 12.0 Å². The zero-order valence-electron chi connectivity index (χ0n) is 11.9. The molecular weight excluding hydrogens is 292 g/mol. The van der Waals surface area contributed by atoms with Crippen molar-refractivity contribution in [3.63, 3.8) is 0 Å². The van der Waals surface area contributed by atoms with Crippen molar-refractivity contribution in [1.82, 2.24) is 20.2 Å². The number of aliphatic carboxylic acids is 1. The molecular formula is C13H18N4O3S. The molecule has 2 N–H and O–H groups in total. The second kappa shape index (κ2) is 6.86. The topological polar surface area (TPSA) is 95.4 Å². The Morgan fingerprint density at radius 2 is 2.33 bits per heavy atom. The fraction of sp³-hybridized carbons (Fsp3) is 0.538. The lowest BCUT2D eigenvalue weighted by atomic mass is 10.2. The van der Waals surface area contributed by atoms with Crippen LogP contribution in [-0.4, -0.2) is 63.3 Å². The number of aromatic nitrogens is 2. The molecule has 0 aliphatic carbocycles. The molecule has 0 aromatic carbocycles. The molecule has 7 nitrogen and oxygen atoms in total. The number of rotatable bonds is 5. The first-order valence-electron chi connectivity index (χ1n) is 6.60. The van der Waals surface area contributed by atoms with Gasteiger partial charge in [-0.05, 0) is 26.5 Å². The molecule has 0 saturated carbocycles. The Morgan fingerprint density at radius 3 is 2.95 bits per heavy atom. The van der Waals surface area contributed by atoms with Crippen molar-refractivity contribution in [3.8, 4) is 0 Å². The Balaban J connectivity index is 1.79. The van der Waals surface area contributed by atoms with E-state index in [9.17, 15) is 9.59 Å². The maximum absolute atomic E-state index is 11.9. The molecule has 0 unspecified atom stereocenters. The molecule has 1 aliphatic heterocycles. The highest BCUT2D eigenvalue weighted by Gasteiger charge is 2.34. The second-order valence-corrected chi connectivity index (χ2v) is 6.01. The van der Waals surface area contributed by atoms with E-state index >= 15 is 0 Å². The van der Waals surface area contributed by atoms with Crippen LogP contribution in [0.5, 0.6) is 0 Å². The Kier molecular flexibility index (Phi) is 5.13. The van der Waals surface area contributed by atoms with Crippen molar-refractivity contribution in [2.75, 3.05) is 19.3 Å². The van der Waals surface area contributed by atoms with Gasteiger partial charge in [-0.15, -0.1) is 0 Å². The van der Waals surface area contributed by atoms with E-state index in [0.29, 0.717) is 18.1 Å². The lowest BCUT2D eigenvalue weighted by molar-refractivity contribution is -0.141. The number of carboxylic acid groups (broad SMARTS) is 1. The standard InChI is InChI=1S/C13H18N4O3S/c1-8-3-4-14-13(15-8)21-7-11(18)16-9-5-10(12(19)20)17(2)6-9/h3-4,9-10H,5-7H2,1-2H3,(H,16,18)(H,19,20)/t9-,10+/m1/s1. The molecule has 2 heterocycles. The van der Waals surface area contributed by atoms with E-state index in [0.717, 1.165) is 5.69 Å². The van der Waals surface area contributed by atoms with Gasteiger partial charge in [0.2, 0.25) is 5.91 Å². The molecule has 8 heteroatoms. The van der Waals surface area contributed by atoms with Crippen LogP contribution in [-0.2, 0) is 9.59 Å². The number of hydrogen-bond donors (Lipinski definition) is 2. The monoisotopic (exact) mass is 310 g/mol. The maximum Gasteiger partial charge on any atom is 0.320 e. The number of hydrogen-bond acceptors (Lipinski definition) is 6. The Bertz CT molecular complexity index is 540. The summed E-state index contributed by atoms with van der Waals surface area (Å²) in [5.74, 6) is -0.757. The smallest absolute Gasteiger partial charge is 0.320 e. The van der Waals surface area contributed by atoms with Crippen LogP contribution in [0, 0.1) is 6.92 Å². The summed E-state index contributed by atoms with van der Waals surface area (Å²) in [6.45, 7) is 2.42. The van der Waals surface area contributed by atoms with Gasteiger partial charge in [0, 0.05) is 24.5 Å². The number of likely N-dealkylation sites (tertiary alicyclic amines) is 1. The summed E-state index contributed by atoms with van der Waals surface area (Å²) in [4.78, 5) is 32.9. The minimum atomic E-state index is -0.850. The summed E-state index contributed by atoms with van der Waals surface area (Å²) < 4.78 is 0. The quantitative estimate of drug-likeness (QED) is 0.590. The van der Waals surface area contributed by atoms with Crippen molar-refractivity contribution in [1.29, 1.82) is 0 Å². The minimum absolute atomic E-state index is 0.123. The van der Waals surface area contributed by atoms with Crippen LogP contribution in [0.2, 0.25) is 0 Å². The van der Waals surface area contributed by atoms with E-state index in [1.807, 2.05) is 6.92 Å². The SMILES string of the molecule is Cc1ccnc(SCC(=O)N[C@@H]2C[C@@H](C(=O)O)N(C)C2)n1. The molecule has 1 aromatic heterocycles. The number of amides is 1. The molecule has 1 amide bonds. The van der Waals surface area contributed by atoms with Gasteiger partial charge in [0.15, 0.2) is 5.16 Å². The lowest BCUT2D eigenvalue weighted by Crippen LogP contribution is -2.37. The van der Waals surface area contributed by atoms with Crippen LogP contribution < -0.4 is 5.32 Å². The maximum atomic E-state index is 11.9. The number of nitrogens with zero attached hydrogens (tertiary/aromatic N) is 3. The zero-order chi connectivity index (χ0) is 15.4. The van der Waals surface area contributed by atoms with Gasteiger partial charge in [0.05, 0.1) is 5.75 Å². The Labute approximate surface area is 127 Å². The van der Waals surface area contributed by atoms with Gasteiger partial charge in [-0.1, -0.05) is 11.8 Å². The van der Waals surface area contributed by atoms with Crippen molar-refractivity contribution in [2.24, 2.45) is 0 Å². The van der Waals surface area contributed by atoms with Crippen molar-refractivity contribution in [2.45, 2.75) is 30.6 Å². The van der Waals surface area contributed by atoms with Crippen LogP contribution in [0.3, 0.4) is 0 Å². The fourth-order valence-corrected chi connectivity index (χ4v) is 2.98. The average Bonchev–Trinajstić information content (AvgIpc) is 2.77. The molecule has 114 valence electrons. The summed E-state index contributed by atoms with van der Waals surface area (Å²) in [5.41, 5.74) is 0.856. The molecule has 1 aliphatic rings. The van der Waals surface area contributed by atoms with Crippen LogP contribution in [0.25, 0.3) is 0 Å². The van der Waals surface area contributed by atoms with Gasteiger partial charge < -0.3 is 10.4 Å². The number of aryl methyl sites for hydroxylation is 1. The van der Waals surface area contributed by atoms with Gasteiger partial charge in [-0.3, -0.25) is 14.5 Å². The molecule has 2 atom stereocenters. The highest BCUT2D eigenvalue weighted by molar-refractivity contribution is 7.99. The van der Waals surface area contributed by atoms with Crippen molar-refractivity contribution >= 4 is 23.6 Å². The number of carbonyl (C=O) groups excluding carboxylic acids is 1. The van der Waals surface area contributed by atoms with E-state index in [1.54, 1.807) is 24.2 Å². The third-order valence-corrected chi connectivity index (χ3v) is 4.16. The number of carbonyl (C=O) groups is 2. The number of carboxylic acids is 1. The minimum Gasteiger partial charge on any atom is -0.480 e. The van der Waals surface area contributed by atoms with Gasteiger partial charge in [0.1, 0.15) is 6.04 Å². The first kappa shape index (κ1) is 15.7. The summed E-state index contributed by atoms with van der Waals surface area (Å²) in [6, 6.07) is 1.15. The predicted molar refractivity (Wildman–Crippen MR) is 78.1 cm³/mol. The van der Waals surface area contributed by atoms with E-state index in [2.05, 4.69) is 15.3 Å². The molecule has 1 saturated heterocycles. The molecule has 2 rings (SSSR count). The van der Waals surface area contributed by atoms with E-state index in [4.69, 9.17) is 5.11 Å². The third-order valence-electron chi connectivity index (χ3n) is 3.30. The van der Waals surface area contributed by atoms with Crippen LogP contribution in [0.1, 0.15) is 12.1 Å². The van der Waals surface area contributed by atoms with Gasteiger partial charge in [0.25, 0.3) is 0 Å². The average molecular weight is 310 g/mol. The van der Waals surface area contributed by atoms with Crippen molar-refractivity contribution < 1.29 is 14.7 Å². The second-order valence-electron chi connectivity index (χ2n) is 5.06. The molecule has 1 aromatic rings. The molecule has 0 radical (unpaired) electrons. The number of likely N-dealkylation sites (N-methyl/N-ethyl adjacent to an activating group) is 1. The van der Waals surface area contributed by atoms with Gasteiger partial charge >= 0.3 is 5.97 Å². The van der Waals surface area contributed by atoms with Gasteiger partial charge in [-0.25, -0.2) is 9.97 Å². The molecule has 1 fully saturated rings. The summed E-state index contributed by atoms with van der Waals surface area (Å²) in [5, 5.41) is 12.5. The van der Waals surface area contributed by atoms with Crippen LogP contribution >= 0.6 is 11.8 Å².